The number of Topliss-reactive ketones (excluding diaryl/α,β-unsaturated/α-hetero) is 1. The van der Waals surface area contributed by atoms with Crippen LogP contribution in [0.15, 0.2) is 15.3 Å². The molecule has 26 heavy (non-hydrogen) atoms. The standard InChI is InChI=1S/C21H28O5/c1-11-8-13(22)12-9-15-20(4,26-18(12)25-11)7-6-14-19(2,3)16(23)10-17(24)21(14,15)5/h8,14-16,23H,6-7,9-10H2,1-5H3/t14-,15+,16+,20+,21-/m0/s1. The van der Waals surface area contributed by atoms with Crippen molar-refractivity contribution in [2.24, 2.45) is 22.7 Å². The highest BCUT2D eigenvalue weighted by Crippen LogP contribution is 2.63. The van der Waals surface area contributed by atoms with Crippen molar-refractivity contribution in [1.82, 2.24) is 0 Å². The molecular weight excluding hydrogens is 332 g/mol. The molecule has 0 bridgehead atoms. The number of carbonyl (C=O) groups excluding carboxylic acids is 1. The first-order valence-corrected chi connectivity index (χ1v) is 9.54. The SMILES string of the molecule is Cc1cc(=O)c2c(o1)O[C@]1(C)CC[C@H]3C(C)(C)[C@H](O)CC(=O)[C@]3(C)[C@@H]1C2. The third kappa shape index (κ3) is 2.13. The van der Waals surface area contributed by atoms with E-state index in [0.29, 0.717) is 23.7 Å². The lowest BCUT2D eigenvalue weighted by molar-refractivity contribution is -0.197. The molecule has 0 radical (unpaired) electrons. The van der Waals surface area contributed by atoms with Crippen LogP contribution in [0.1, 0.15) is 58.3 Å². The number of aliphatic hydroxyl groups is 1. The molecule has 142 valence electrons. The van der Waals surface area contributed by atoms with Gasteiger partial charge in [0.15, 0.2) is 5.43 Å². The number of fused-ring (bicyclic) bond motifs is 4. The van der Waals surface area contributed by atoms with Crippen LogP contribution in [-0.4, -0.2) is 22.6 Å². The van der Waals surface area contributed by atoms with E-state index in [4.69, 9.17) is 9.15 Å². The zero-order valence-electron chi connectivity index (χ0n) is 16.2. The number of ketones is 1. The lowest BCUT2D eigenvalue weighted by Gasteiger charge is -2.62. The third-order valence-corrected chi connectivity index (χ3v) is 7.72. The molecule has 5 nitrogen and oxygen atoms in total. The van der Waals surface area contributed by atoms with E-state index in [1.165, 1.54) is 6.07 Å². The number of hydrogen-bond acceptors (Lipinski definition) is 5. The molecule has 0 aromatic carbocycles. The maximum Gasteiger partial charge on any atom is 0.292 e. The van der Waals surface area contributed by atoms with Crippen molar-refractivity contribution >= 4 is 5.78 Å². The molecule has 3 aliphatic rings. The maximum absolute atomic E-state index is 13.2. The fourth-order valence-corrected chi connectivity index (χ4v) is 6.05. The number of aliphatic hydroxyl groups excluding tert-OH is 1. The van der Waals surface area contributed by atoms with Gasteiger partial charge in [0, 0.05) is 23.8 Å². The van der Waals surface area contributed by atoms with Crippen molar-refractivity contribution in [2.45, 2.75) is 72.0 Å². The molecule has 2 saturated carbocycles. The number of carbonyl (C=O) groups is 1. The van der Waals surface area contributed by atoms with Crippen LogP contribution in [0.3, 0.4) is 0 Å². The predicted molar refractivity (Wildman–Crippen MR) is 96.2 cm³/mol. The predicted octanol–water partition coefficient (Wildman–Crippen LogP) is 3.03. The van der Waals surface area contributed by atoms with Gasteiger partial charge >= 0.3 is 0 Å². The third-order valence-electron chi connectivity index (χ3n) is 7.72. The van der Waals surface area contributed by atoms with Gasteiger partial charge in [-0.3, -0.25) is 9.59 Å². The van der Waals surface area contributed by atoms with Gasteiger partial charge in [-0.2, -0.15) is 0 Å². The van der Waals surface area contributed by atoms with Crippen LogP contribution in [0.5, 0.6) is 5.95 Å². The number of aryl methyl sites for hydroxylation is 1. The minimum absolute atomic E-state index is 0.0620. The van der Waals surface area contributed by atoms with E-state index in [-0.39, 0.29) is 34.9 Å². The zero-order chi connectivity index (χ0) is 19.1. The Morgan fingerprint density at radius 3 is 2.50 bits per heavy atom. The first kappa shape index (κ1) is 17.8. The highest BCUT2D eigenvalue weighted by Gasteiger charge is 2.66. The van der Waals surface area contributed by atoms with E-state index < -0.39 is 17.1 Å². The highest BCUT2D eigenvalue weighted by atomic mass is 16.6. The molecule has 2 aliphatic carbocycles. The molecule has 4 rings (SSSR count). The van der Waals surface area contributed by atoms with Gasteiger partial charge in [0.05, 0.1) is 11.7 Å². The van der Waals surface area contributed by atoms with E-state index in [2.05, 4.69) is 13.8 Å². The summed E-state index contributed by atoms with van der Waals surface area (Å²) >= 11 is 0. The Labute approximate surface area is 153 Å². The second-order valence-corrected chi connectivity index (χ2v) is 9.50. The largest absolute Gasteiger partial charge is 0.458 e. The Kier molecular flexibility index (Phi) is 3.57. The quantitative estimate of drug-likeness (QED) is 0.769. The van der Waals surface area contributed by atoms with Crippen LogP contribution in [0, 0.1) is 29.6 Å². The molecule has 5 atom stereocenters. The Morgan fingerprint density at radius 2 is 1.81 bits per heavy atom. The van der Waals surface area contributed by atoms with Crippen molar-refractivity contribution in [1.29, 1.82) is 0 Å². The molecule has 2 fully saturated rings. The molecular formula is C21H28O5. The van der Waals surface area contributed by atoms with E-state index in [1.54, 1.807) is 6.92 Å². The molecule has 1 aliphatic heterocycles. The zero-order valence-corrected chi connectivity index (χ0v) is 16.2. The molecule has 1 N–H and O–H groups in total. The average Bonchev–Trinajstić information content (AvgIpc) is 2.51. The van der Waals surface area contributed by atoms with Crippen LogP contribution < -0.4 is 10.2 Å². The molecule has 0 spiro atoms. The van der Waals surface area contributed by atoms with Gasteiger partial charge < -0.3 is 14.3 Å². The van der Waals surface area contributed by atoms with Gasteiger partial charge in [0.2, 0.25) is 0 Å². The van der Waals surface area contributed by atoms with E-state index >= 15 is 0 Å². The normalized spacial score (nSPS) is 40.8. The molecule has 0 saturated heterocycles. The minimum Gasteiger partial charge on any atom is -0.458 e. The highest BCUT2D eigenvalue weighted by molar-refractivity contribution is 5.87. The lowest BCUT2D eigenvalue weighted by atomic mass is 9.43. The summed E-state index contributed by atoms with van der Waals surface area (Å²) in [5.74, 6) is 0.902. The summed E-state index contributed by atoms with van der Waals surface area (Å²) in [6.45, 7) is 9.93. The second-order valence-electron chi connectivity index (χ2n) is 9.50. The van der Waals surface area contributed by atoms with Gasteiger partial charge in [-0.05, 0) is 44.4 Å². The minimum atomic E-state index is -0.623. The van der Waals surface area contributed by atoms with Crippen LogP contribution in [0.25, 0.3) is 0 Å². The van der Waals surface area contributed by atoms with Crippen LogP contribution >= 0.6 is 0 Å². The topological polar surface area (TPSA) is 76.7 Å². The summed E-state index contributed by atoms with van der Waals surface area (Å²) in [5, 5.41) is 10.5. The number of ether oxygens (including phenoxy) is 1. The van der Waals surface area contributed by atoms with Crippen molar-refractivity contribution in [3.8, 4) is 5.95 Å². The van der Waals surface area contributed by atoms with Gasteiger partial charge in [-0.1, -0.05) is 20.8 Å². The fraction of sp³-hybridized carbons (Fsp3) is 0.714. The fourth-order valence-electron chi connectivity index (χ4n) is 6.05. The van der Waals surface area contributed by atoms with Crippen molar-refractivity contribution in [3.63, 3.8) is 0 Å². The average molecular weight is 360 g/mol. The Balaban J connectivity index is 1.86. The molecule has 0 amide bonds. The van der Waals surface area contributed by atoms with Gasteiger partial charge in [-0.15, -0.1) is 0 Å². The molecule has 5 heteroatoms. The van der Waals surface area contributed by atoms with Gasteiger partial charge in [0.25, 0.3) is 5.95 Å². The Bertz CT molecular complexity index is 837. The lowest BCUT2D eigenvalue weighted by Crippen LogP contribution is -2.67. The van der Waals surface area contributed by atoms with Crippen molar-refractivity contribution < 1.29 is 19.1 Å². The first-order valence-electron chi connectivity index (χ1n) is 9.54. The number of hydrogen-bond donors (Lipinski definition) is 1. The smallest absolute Gasteiger partial charge is 0.292 e. The molecule has 0 unspecified atom stereocenters. The Hall–Kier alpha value is -1.62. The van der Waals surface area contributed by atoms with Crippen LogP contribution in [0.2, 0.25) is 0 Å². The van der Waals surface area contributed by atoms with Crippen molar-refractivity contribution in [2.75, 3.05) is 0 Å². The molecule has 1 aromatic heterocycles. The number of rotatable bonds is 0. The maximum atomic E-state index is 13.2. The first-order chi connectivity index (χ1) is 12.0. The van der Waals surface area contributed by atoms with E-state index in [0.717, 1.165) is 12.8 Å². The summed E-state index contributed by atoms with van der Waals surface area (Å²) in [4.78, 5) is 25.7. The molecule has 1 aromatic rings. The summed E-state index contributed by atoms with van der Waals surface area (Å²) in [6.07, 6.45) is 1.62. The summed E-state index contributed by atoms with van der Waals surface area (Å²) in [6, 6.07) is 1.49. The van der Waals surface area contributed by atoms with Crippen LogP contribution in [0.4, 0.5) is 0 Å². The summed E-state index contributed by atoms with van der Waals surface area (Å²) in [5.41, 5.74) is -1.06. The van der Waals surface area contributed by atoms with Gasteiger partial charge in [-0.25, -0.2) is 0 Å². The monoisotopic (exact) mass is 360 g/mol. The Morgan fingerprint density at radius 1 is 1.12 bits per heavy atom. The summed E-state index contributed by atoms with van der Waals surface area (Å²) in [7, 11) is 0. The second kappa shape index (κ2) is 5.22. The van der Waals surface area contributed by atoms with Crippen LogP contribution in [-0.2, 0) is 11.2 Å². The van der Waals surface area contributed by atoms with E-state index in [1.807, 2.05) is 13.8 Å². The van der Waals surface area contributed by atoms with Crippen molar-refractivity contribution in [3.05, 3.63) is 27.6 Å². The van der Waals surface area contributed by atoms with Gasteiger partial charge in [0.1, 0.15) is 17.1 Å². The van der Waals surface area contributed by atoms with E-state index in [9.17, 15) is 14.7 Å². The molecule has 2 heterocycles. The summed E-state index contributed by atoms with van der Waals surface area (Å²) < 4.78 is 12.0.